The molecule has 2 saturated carbocycles. The Labute approximate surface area is 143 Å². The number of aliphatic hydroxyl groups is 1. The molecule has 0 aliphatic heterocycles. The van der Waals surface area contributed by atoms with Crippen LogP contribution in [-0.4, -0.2) is 22.3 Å². The largest absolute Gasteiger partial charge is 0.472 e. The highest BCUT2D eigenvalue weighted by molar-refractivity contribution is 5.96. The van der Waals surface area contributed by atoms with Gasteiger partial charge in [0.15, 0.2) is 11.6 Å². The van der Waals surface area contributed by atoms with E-state index in [0.29, 0.717) is 24.3 Å². The Balaban J connectivity index is 1.96. The SMILES string of the molecule is C[C@@H]1CC[C@]2(C)[C@H](CCC(=O)[C@]2(C)O)[C@@]1(C)CC(=O)c1ccoc1. The van der Waals surface area contributed by atoms with Crippen LogP contribution in [0.5, 0.6) is 0 Å². The van der Waals surface area contributed by atoms with Gasteiger partial charge in [0.2, 0.25) is 0 Å². The molecule has 0 unspecified atom stereocenters. The van der Waals surface area contributed by atoms with Gasteiger partial charge in [0.25, 0.3) is 0 Å². The fourth-order valence-electron chi connectivity index (χ4n) is 5.33. The van der Waals surface area contributed by atoms with Crippen LogP contribution in [0.2, 0.25) is 0 Å². The monoisotopic (exact) mass is 332 g/mol. The van der Waals surface area contributed by atoms with Crippen molar-refractivity contribution in [2.24, 2.45) is 22.7 Å². The van der Waals surface area contributed by atoms with Gasteiger partial charge in [0.1, 0.15) is 11.9 Å². The Morgan fingerprint density at radius 1 is 1.33 bits per heavy atom. The van der Waals surface area contributed by atoms with E-state index in [1.165, 1.54) is 12.5 Å². The normalized spacial score (nSPS) is 42.6. The van der Waals surface area contributed by atoms with Crippen molar-refractivity contribution in [2.75, 3.05) is 0 Å². The average Bonchev–Trinajstić information content (AvgIpc) is 3.04. The van der Waals surface area contributed by atoms with E-state index < -0.39 is 11.0 Å². The number of carbonyl (C=O) groups excluding carboxylic acids is 2. The van der Waals surface area contributed by atoms with Crippen molar-refractivity contribution >= 4 is 11.6 Å². The molecule has 0 bridgehead atoms. The van der Waals surface area contributed by atoms with E-state index in [1.54, 1.807) is 13.0 Å². The number of hydrogen-bond donors (Lipinski definition) is 1. The summed E-state index contributed by atoms with van der Waals surface area (Å²) in [4.78, 5) is 25.1. The van der Waals surface area contributed by atoms with Crippen LogP contribution >= 0.6 is 0 Å². The molecule has 132 valence electrons. The summed E-state index contributed by atoms with van der Waals surface area (Å²) in [5, 5.41) is 11.0. The van der Waals surface area contributed by atoms with E-state index in [2.05, 4.69) is 13.8 Å². The predicted molar refractivity (Wildman–Crippen MR) is 90.6 cm³/mol. The van der Waals surface area contributed by atoms with Gasteiger partial charge in [-0.25, -0.2) is 0 Å². The summed E-state index contributed by atoms with van der Waals surface area (Å²) in [7, 11) is 0. The minimum absolute atomic E-state index is 0.0562. The molecule has 0 amide bonds. The lowest BCUT2D eigenvalue weighted by molar-refractivity contribution is -0.193. The predicted octanol–water partition coefficient (Wildman–Crippen LogP) is 4.03. The zero-order valence-electron chi connectivity index (χ0n) is 15.1. The van der Waals surface area contributed by atoms with Gasteiger partial charge in [-0.15, -0.1) is 0 Å². The van der Waals surface area contributed by atoms with Crippen LogP contribution < -0.4 is 0 Å². The minimum Gasteiger partial charge on any atom is -0.472 e. The molecular weight excluding hydrogens is 304 g/mol. The van der Waals surface area contributed by atoms with E-state index >= 15 is 0 Å². The van der Waals surface area contributed by atoms with Gasteiger partial charge in [-0.3, -0.25) is 9.59 Å². The molecule has 2 aliphatic rings. The Morgan fingerprint density at radius 2 is 2.04 bits per heavy atom. The molecule has 24 heavy (non-hydrogen) atoms. The maximum Gasteiger partial charge on any atom is 0.166 e. The molecule has 1 N–H and O–H groups in total. The van der Waals surface area contributed by atoms with Crippen molar-refractivity contribution in [1.29, 1.82) is 0 Å². The lowest BCUT2D eigenvalue weighted by Crippen LogP contribution is -2.63. The van der Waals surface area contributed by atoms with E-state index in [4.69, 9.17) is 4.42 Å². The van der Waals surface area contributed by atoms with E-state index in [9.17, 15) is 14.7 Å². The second kappa shape index (κ2) is 5.55. The van der Waals surface area contributed by atoms with Crippen molar-refractivity contribution in [3.05, 3.63) is 24.2 Å². The number of furan rings is 1. The lowest BCUT2D eigenvalue weighted by atomic mass is 9.43. The molecule has 1 aromatic rings. The third-order valence-corrected chi connectivity index (χ3v) is 7.49. The van der Waals surface area contributed by atoms with E-state index in [1.807, 2.05) is 6.92 Å². The summed E-state index contributed by atoms with van der Waals surface area (Å²) in [5.41, 5.74) is -1.41. The standard InChI is InChI=1S/C20H28O4/c1-13-7-9-19(3)16(5-6-17(22)20(19,4)23)18(13,2)11-15(21)14-8-10-24-12-14/h8,10,12-13,16,23H,5-7,9,11H2,1-4H3/t13-,16-,18+,19-,20+/m1/s1. The molecule has 1 heterocycles. The van der Waals surface area contributed by atoms with Crippen molar-refractivity contribution in [2.45, 2.75) is 65.4 Å². The zero-order chi connectivity index (χ0) is 17.8. The first-order valence-electron chi connectivity index (χ1n) is 8.94. The average molecular weight is 332 g/mol. The molecule has 2 fully saturated rings. The van der Waals surface area contributed by atoms with Gasteiger partial charge in [-0.2, -0.15) is 0 Å². The number of hydrogen-bond acceptors (Lipinski definition) is 4. The molecule has 0 spiro atoms. The van der Waals surface area contributed by atoms with Crippen LogP contribution in [0.1, 0.15) is 70.2 Å². The highest BCUT2D eigenvalue weighted by Gasteiger charge is 2.63. The molecule has 5 atom stereocenters. The smallest absolute Gasteiger partial charge is 0.166 e. The summed E-state index contributed by atoms with van der Waals surface area (Å²) in [6.45, 7) is 8.09. The number of ketones is 2. The number of carbonyl (C=O) groups is 2. The van der Waals surface area contributed by atoms with Crippen LogP contribution in [0, 0.1) is 22.7 Å². The van der Waals surface area contributed by atoms with Crippen LogP contribution in [0.3, 0.4) is 0 Å². The molecule has 3 rings (SSSR count). The van der Waals surface area contributed by atoms with Gasteiger partial charge in [-0.05, 0) is 49.5 Å². The number of rotatable bonds is 3. The molecule has 2 aliphatic carbocycles. The molecule has 1 aromatic heterocycles. The Bertz CT molecular complexity index is 645. The molecule has 0 radical (unpaired) electrons. The maximum atomic E-state index is 12.7. The van der Waals surface area contributed by atoms with Gasteiger partial charge in [0, 0.05) is 18.3 Å². The second-order valence-electron chi connectivity index (χ2n) is 8.56. The second-order valence-corrected chi connectivity index (χ2v) is 8.56. The first kappa shape index (κ1) is 17.4. The fourth-order valence-corrected chi connectivity index (χ4v) is 5.33. The van der Waals surface area contributed by atoms with Gasteiger partial charge in [-0.1, -0.05) is 20.8 Å². The van der Waals surface area contributed by atoms with Crippen molar-refractivity contribution in [3.63, 3.8) is 0 Å². The summed E-state index contributed by atoms with van der Waals surface area (Å²) < 4.78 is 5.05. The van der Waals surface area contributed by atoms with E-state index in [-0.39, 0.29) is 22.9 Å². The van der Waals surface area contributed by atoms with Crippen LogP contribution in [-0.2, 0) is 4.79 Å². The van der Waals surface area contributed by atoms with Gasteiger partial charge in [0.05, 0.1) is 11.8 Å². The minimum atomic E-state index is -1.31. The van der Waals surface area contributed by atoms with Crippen molar-refractivity contribution in [1.82, 2.24) is 0 Å². The molecule has 0 saturated heterocycles. The third-order valence-electron chi connectivity index (χ3n) is 7.49. The summed E-state index contributed by atoms with van der Waals surface area (Å²) in [6.07, 6.45) is 6.35. The Morgan fingerprint density at radius 3 is 2.67 bits per heavy atom. The van der Waals surface area contributed by atoms with E-state index in [0.717, 1.165) is 19.3 Å². The van der Waals surface area contributed by atoms with Crippen LogP contribution in [0.25, 0.3) is 0 Å². The van der Waals surface area contributed by atoms with Crippen molar-refractivity contribution < 1.29 is 19.1 Å². The quantitative estimate of drug-likeness (QED) is 0.849. The van der Waals surface area contributed by atoms with Crippen LogP contribution in [0.4, 0.5) is 0 Å². The third kappa shape index (κ3) is 2.30. The molecule has 4 nitrogen and oxygen atoms in total. The first-order chi connectivity index (χ1) is 11.1. The molecular formula is C20H28O4. The Hall–Kier alpha value is -1.42. The number of Topliss-reactive ketones (excluding diaryl/α,β-unsaturated/α-hetero) is 2. The van der Waals surface area contributed by atoms with Gasteiger partial charge < -0.3 is 9.52 Å². The van der Waals surface area contributed by atoms with Crippen molar-refractivity contribution in [3.8, 4) is 0 Å². The van der Waals surface area contributed by atoms with Gasteiger partial charge >= 0.3 is 0 Å². The van der Waals surface area contributed by atoms with Crippen LogP contribution in [0.15, 0.2) is 23.0 Å². The fraction of sp³-hybridized carbons (Fsp3) is 0.700. The molecule has 0 aromatic carbocycles. The lowest BCUT2D eigenvalue weighted by Gasteiger charge is -2.61. The highest BCUT2D eigenvalue weighted by atomic mass is 16.3. The first-order valence-corrected chi connectivity index (χ1v) is 8.94. The zero-order valence-corrected chi connectivity index (χ0v) is 15.1. The summed E-state index contributed by atoms with van der Waals surface area (Å²) in [6, 6.07) is 1.71. The number of fused-ring (bicyclic) bond motifs is 1. The topological polar surface area (TPSA) is 67.5 Å². The molecule has 4 heteroatoms. The Kier molecular flexibility index (Phi) is 4.03. The summed E-state index contributed by atoms with van der Waals surface area (Å²) in [5.74, 6) is 0.547. The highest BCUT2D eigenvalue weighted by Crippen LogP contribution is 2.63. The summed E-state index contributed by atoms with van der Waals surface area (Å²) >= 11 is 0. The maximum absolute atomic E-state index is 12.7.